The number of rotatable bonds is 25. The number of esters is 1. The zero-order valence-corrected chi connectivity index (χ0v) is 37.9. The molecule has 0 spiro atoms. The first-order valence-electron chi connectivity index (χ1n) is 22.3. The number of amides is 4. The molecular weight excluding hydrogens is 873 g/mol. The quantitative estimate of drug-likeness (QED) is 0.0385. The third kappa shape index (κ3) is 16.4. The average molecular weight is 933 g/mol. The molecule has 5 aromatic carbocycles. The van der Waals surface area contributed by atoms with Crippen LogP contribution in [-0.4, -0.2) is 99.9 Å². The van der Waals surface area contributed by atoms with Crippen LogP contribution >= 0.6 is 0 Å². The maximum atomic E-state index is 13.8. The average Bonchev–Trinajstić information content (AvgIpc) is 3.36. The van der Waals surface area contributed by atoms with E-state index >= 15 is 0 Å². The number of ether oxygens (including phenoxy) is 3. The van der Waals surface area contributed by atoms with Crippen LogP contribution in [0.15, 0.2) is 152 Å². The van der Waals surface area contributed by atoms with Gasteiger partial charge in [-0.3, -0.25) is 19.2 Å². The highest BCUT2D eigenvalue weighted by atomic mass is 16.6. The number of carbonyl (C=O) groups is 5. The zero-order valence-electron chi connectivity index (χ0n) is 37.9. The van der Waals surface area contributed by atoms with E-state index < -0.39 is 85.0 Å². The van der Waals surface area contributed by atoms with Crippen LogP contribution < -0.4 is 21.3 Å². The molecule has 68 heavy (non-hydrogen) atoms. The summed E-state index contributed by atoms with van der Waals surface area (Å²) in [5.41, 5.74) is 3.41. The first kappa shape index (κ1) is 52.0. The molecule has 5 aromatic rings. The second-order valence-electron chi connectivity index (χ2n) is 16.5. The van der Waals surface area contributed by atoms with Crippen molar-refractivity contribution >= 4 is 29.8 Å². The summed E-state index contributed by atoms with van der Waals surface area (Å²) in [5.74, 6) is -3.75. The van der Waals surface area contributed by atoms with Crippen molar-refractivity contribution in [2.75, 3.05) is 13.2 Å². The lowest BCUT2D eigenvalue weighted by atomic mass is 9.98. The van der Waals surface area contributed by atoms with Gasteiger partial charge in [-0.2, -0.15) is 0 Å². The van der Waals surface area contributed by atoms with Crippen molar-refractivity contribution in [2.24, 2.45) is 5.92 Å². The monoisotopic (exact) mass is 932 g/mol. The van der Waals surface area contributed by atoms with Crippen molar-refractivity contribution in [3.63, 3.8) is 0 Å². The van der Waals surface area contributed by atoms with Gasteiger partial charge < -0.3 is 55.9 Å². The fourth-order valence-corrected chi connectivity index (χ4v) is 7.16. The largest absolute Gasteiger partial charge is 0.452 e. The molecule has 7 unspecified atom stereocenters. The summed E-state index contributed by atoms with van der Waals surface area (Å²) < 4.78 is 17.1. The van der Waals surface area contributed by atoms with E-state index in [1.54, 1.807) is 68.4 Å². The molecule has 0 aliphatic carbocycles. The summed E-state index contributed by atoms with van der Waals surface area (Å²) in [6.45, 7) is 2.33. The van der Waals surface area contributed by atoms with Gasteiger partial charge in [0.25, 0.3) is 5.91 Å². The Morgan fingerprint density at radius 3 is 1.54 bits per heavy atom. The molecule has 5 rings (SSSR count). The molecule has 0 bridgehead atoms. The molecule has 0 radical (unpaired) electrons. The highest BCUT2D eigenvalue weighted by molar-refractivity contribution is 5.91. The first-order valence-corrected chi connectivity index (χ1v) is 22.3. The summed E-state index contributed by atoms with van der Waals surface area (Å²) >= 11 is 0. The van der Waals surface area contributed by atoms with Crippen LogP contribution in [-0.2, 0) is 46.6 Å². The third-order valence-corrected chi connectivity index (χ3v) is 10.8. The second-order valence-corrected chi connectivity index (χ2v) is 16.5. The van der Waals surface area contributed by atoms with Gasteiger partial charge >= 0.3 is 12.1 Å². The lowest BCUT2D eigenvalue weighted by molar-refractivity contribution is -0.149. The fourth-order valence-electron chi connectivity index (χ4n) is 7.16. The van der Waals surface area contributed by atoms with Gasteiger partial charge in [0.1, 0.15) is 30.9 Å². The highest BCUT2D eigenvalue weighted by Gasteiger charge is 2.38. The Kier molecular flexibility index (Phi) is 20.7. The minimum Gasteiger partial charge on any atom is -0.452 e. The van der Waals surface area contributed by atoms with E-state index in [0.29, 0.717) is 22.3 Å². The predicted octanol–water partition coefficient (Wildman–Crippen LogP) is 4.17. The van der Waals surface area contributed by atoms with Crippen LogP contribution in [0.1, 0.15) is 66.7 Å². The molecular formula is C52H60N4O12. The van der Waals surface area contributed by atoms with E-state index in [1.165, 1.54) is 0 Å². The van der Waals surface area contributed by atoms with Gasteiger partial charge in [0, 0.05) is 0 Å². The van der Waals surface area contributed by atoms with Gasteiger partial charge in [0.05, 0.1) is 38.3 Å². The molecule has 16 heteroatoms. The molecule has 0 aliphatic rings. The third-order valence-electron chi connectivity index (χ3n) is 10.8. The van der Waals surface area contributed by atoms with Gasteiger partial charge in [-0.15, -0.1) is 0 Å². The summed E-state index contributed by atoms with van der Waals surface area (Å²) in [5, 5.41) is 53.8. The van der Waals surface area contributed by atoms with Crippen molar-refractivity contribution in [3.05, 3.63) is 179 Å². The Hall–Kier alpha value is -6.95. The van der Waals surface area contributed by atoms with E-state index in [1.807, 2.05) is 97.1 Å². The molecule has 0 fully saturated rings. The molecule has 7 atom stereocenters. The van der Waals surface area contributed by atoms with Crippen LogP contribution in [0.25, 0.3) is 0 Å². The number of aliphatic hydroxyl groups excluding tert-OH is 4. The molecule has 0 heterocycles. The van der Waals surface area contributed by atoms with Gasteiger partial charge in [-0.05, 0) is 40.2 Å². The Bertz CT molecular complexity index is 2270. The molecule has 0 aliphatic heterocycles. The van der Waals surface area contributed by atoms with E-state index in [2.05, 4.69) is 21.3 Å². The molecule has 360 valence electrons. The van der Waals surface area contributed by atoms with Crippen LogP contribution in [0.5, 0.6) is 0 Å². The van der Waals surface area contributed by atoms with E-state index in [-0.39, 0.29) is 38.6 Å². The van der Waals surface area contributed by atoms with Crippen LogP contribution in [0, 0.1) is 5.92 Å². The number of hydrogen-bond acceptors (Lipinski definition) is 12. The van der Waals surface area contributed by atoms with Crippen molar-refractivity contribution < 1.29 is 58.6 Å². The number of carbonyl (C=O) groups excluding carboxylic acids is 5. The molecule has 16 nitrogen and oxygen atoms in total. The van der Waals surface area contributed by atoms with E-state index in [0.717, 1.165) is 5.56 Å². The molecule has 4 amide bonds. The maximum Gasteiger partial charge on any atom is 0.408 e. The van der Waals surface area contributed by atoms with Crippen LogP contribution in [0.4, 0.5) is 4.79 Å². The van der Waals surface area contributed by atoms with Gasteiger partial charge in [-0.25, -0.2) is 4.79 Å². The maximum absolute atomic E-state index is 13.8. The number of benzene rings is 5. The van der Waals surface area contributed by atoms with Gasteiger partial charge in [0.2, 0.25) is 11.8 Å². The SMILES string of the molecule is CC(C)CC(NC(=O)C(COCc1ccccc1)NC(=O)OCc1ccccc1)C(=O)NC(CO)C(O)C(O)C(O)C(=O)NC(CC(=O)OC(c1ccccc1)c1ccccc1)c1ccccc1. The minimum atomic E-state index is -2.32. The van der Waals surface area contributed by atoms with Crippen LogP contribution in [0.2, 0.25) is 0 Å². The van der Waals surface area contributed by atoms with Crippen LogP contribution in [0.3, 0.4) is 0 Å². The topological polar surface area (TPSA) is 242 Å². The Labute approximate surface area is 395 Å². The molecule has 0 saturated carbocycles. The Morgan fingerprint density at radius 2 is 1.03 bits per heavy atom. The highest BCUT2D eigenvalue weighted by Crippen LogP contribution is 2.28. The van der Waals surface area contributed by atoms with Crippen molar-refractivity contribution in [3.8, 4) is 0 Å². The van der Waals surface area contributed by atoms with Gasteiger partial charge in [-0.1, -0.05) is 166 Å². The Balaban J connectivity index is 1.23. The smallest absolute Gasteiger partial charge is 0.408 e. The lowest BCUT2D eigenvalue weighted by Gasteiger charge is -2.31. The summed E-state index contributed by atoms with van der Waals surface area (Å²) in [6, 6.07) is 39.3. The number of alkyl carbamates (subject to hydrolysis) is 1. The Morgan fingerprint density at radius 1 is 0.544 bits per heavy atom. The second kappa shape index (κ2) is 27.0. The predicted molar refractivity (Wildman–Crippen MR) is 251 cm³/mol. The lowest BCUT2D eigenvalue weighted by Crippen LogP contribution is -2.60. The molecule has 0 aromatic heterocycles. The summed E-state index contributed by atoms with van der Waals surface area (Å²) in [7, 11) is 0. The van der Waals surface area contributed by atoms with Gasteiger partial charge in [0.15, 0.2) is 12.2 Å². The minimum absolute atomic E-state index is 0.0518. The van der Waals surface area contributed by atoms with E-state index in [4.69, 9.17) is 14.2 Å². The van der Waals surface area contributed by atoms with Crippen molar-refractivity contribution in [2.45, 2.75) is 88.5 Å². The summed E-state index contributed by atoms with van der Waals surface area (Å²) in [4.78, 5) is 67.7. The number of nitrogens with one attached hydrogen (secondary N) is 4. The van der Waals surface area contributed by atoms with Crippen molar-refractivity contribution in [1.29, 1.82) is 0 Å². The standard InChI is InChI=1S/C52H60N4O12/c1-34(2)28-41(54-50(63)43(33-66-31-35-18-8-3-9-19-35)56-52(65)67-32-36-20-10-4-11-21-36)49(62)55-42(30-57)45(59)46(60)47(61)51(64)53-40(37-22-12-5-13-23-37)29-44(58)68-48(38-24-14-6-15-25-38)39-26-16-7-17-27-39/h3-27,34,40-43,45-48,57,59-61H,28-33H2,1-2H3,(H,53,64)(H,54,63)(H,55,62)(H,56,65). The summed E-state index contributed by atoms with van der Waals surface area (Å²) in [6.07, 6.45) is -8.75. The van der Waals surface area contributed by atoms with Crippen molar-refractivity contribution in [1.82, 2.24) is 21.3 Å². The molecule has 0 saturated heterocycles. The number of aliphatic hydroxyl groups is 4. The number of hydrogen-bond donors (Lipinski definition) is 8. The normalized spacial score (nSPS) is 14.3. The van der Waals surface area contributed by atoms with E-state index in [9.17, 15) is 44.4 Å². The molecule has 8 N–H and O–H groups in total. The first-order chi connectivity index (χ1) is 32.8. The fraction of sp³-hybridized carbons (Fsp3) is 0.327. The zero-order chi connectivity index (χ0) is 48.8.